The molecule has 1 unspecified atom stereocenters. The Morgan fingerprint density at radius 3 is 1.67 bits per heavy atom. The molecule has 2 aromatic rings. The highest BCUT2D eigenvalue weighted by Crippen LogP contribution is 2.32. The number of benzene rings is 2. The fraction of sp³-hybridized carbons (Fsp3) is 0.278. The van der Waals surface area contributed by atoms with Gasteiger partial charge in [0.2, 0.25) is 5.30 Å². The maximum atomic E-state index is 12.8. The molecule has 2 aromatic carbocycles. The van der Waals surface area contributed by atoms with E-state index in [9.17, 15) is 9.36 Å². The lowest BCUT2D eigenvalue weighted by molar-refractivity contribution is 0.108. The van der Waals surface area contributed by atoms with Gasteiger partial charge in [-0.05, 0) is 63.4 Å². The average molecular weight is 299 g/mol. The summed E-state index contributed by atoms with van der Waals surface area (Å²) in [5.41, 5.74) is 5.62. The van der Waals surface area contributed by atoms with Crippen molar-refractivity contribution in [3.63, 3.8) is 0 Å². The maximum Gasteiger partial charge on any atom is 0.459 e. The third-order valence-corrected chi connectivity index (χ3v) is 6.07. The summed E-state index contributed by atoms with van der Waals surface area (Å²) in [6.07, 6.45) is 0. The minimum absolute atomic E-state index is 0.292. The Hall–Kier alpha value is -1.79. The van der Waals surface area contributed by atoms with Gasteiger partial charge in [-0.3, -0.25) is 0 Å². The Bertz CT molecular complexity index is 702. The van der Waals surface area contributed by atoms with Crippen molar-refractivity contribution in [1.29, 1.82) is 0 Å². The topological polar surface area (TPSA) is 34.1 Å². The molecule has 0 radical (unpaired) electrons. The molecular formula is C18H20O2P+. The van der Waals surface area contributed by atoms with Crippen molar-refractivity contribution in [1.82, 2.24) is 0 Å². The lowest BCUT2D eigenvalue weighted by atomic mass is 9.95. The zero-order chi connectivity index (χ0) is 15.7. The van der Waals surface area contributed by atoms with Gasteiger partial charge in [0, 0.05) is 11.1 Å². The van der Waals surface area contributed by atoms with E-state index in [1.54, 1.807) is 24.3 Å². The van der Waals surface area contributed by atoms with Crippen LogP contribution in [0.3, 0.4) is 0 Å². The van der Waals surface area contributed by atoms with Crippen LogP contribution in [0.25, 0.3) is 0 Å². The van der Waals surface area contributed by atoms with Gasteiger partial charge in [0.15, 0.2) is 0 Å². The van der Waals surface area contributed by atoms with Crippen LogP contribution >= 0.6 is 7.80 Å². The standard InChI is InChI=1S/C18H20O2P/c1-11-12(2)14(4)17(15(5)13(11)3)21(20)18(19)16-9-7-6-8-10-16/h6-10H,1-5H3/q+1. The molecule has 0 fully saturated rings. The van der Waals surface area contributed by atoms with E-state index in [-0.39, 0.29) is 5.52 Å². The lowest BCUT2D eigenvalue weighted by Gasteiger charge is -2.12. The first-order chi connectivity index (χ1) is 9.86. The van der Waals surface area contributed by atoms with Crippen LogP contribution in [-0.4, -0.2) is 5.52 Å². The first-order valence-electron chi connectivity index (χ1n) is 6.99. The largest absolute Gasteiger partial charge is 0.459 e. The second kappa shape index (κ2) is 5.91. The van der Waals surface area contributed by atoms with E-state index >= 15 is 0 Å². The zero-order valence-corrected chi connectivity index (χ0v) is 14.0. The van der Waals surface area contributed by atoms with Crippen LogP contribution in [0.5, 0.6) is 0 Å². The van der Waals surface area contributed by atoms with Crippen molar-refractivity contribution < 1.29 is 9.36 Å². The number of rotatable bonds is 3. The van der Waals surface area contributed by atoms with E-state index < -0.39 is 7.80 Å². The van der Waals surface area contributed by atoms with Gasteiger partial charge in [-0.15, -0.1) is 0 Å². The molecule has 0 heterocycles. The number of hydrogen-bond donors (Lipinski definition) is 0. The minimum atomic E-state index is -2.09. The summed E-state index contributed by atoms with van der Waals surface area (Å²) >= 11 is 0. The van der Waals surface area contributed by atoms with E-state index in [1.165, 1.54) is 5.56 Å². The maximum absolute atomic E-state index is 12.8. The van der Waals surface area contributed by atoms with Gasteiger partial charge < -0.3 is 0 Å². The van der Waals surface area contributed by atoms with Crippen molar-refractivity contribution in [2.75, 3.05) is 0 Å². The van der Waals surface area contributed by atoms with Gasteiger partial charge in [0.05, 0.1) is 5.56 Å². The molecule has 0 bridgehead atoms. The first-order valence-corrected chi connectivity index (χ1v) is 8.25. The van der Waals surface area contributed by atoms with E-state index in [2.05, 4.69) is 6.92 Å². The van der Waals surface area contributed by atoms with E-state index in [1.807, 2.05) is 33.8 Å². The Balaban J connectivity index is 2.58. The highest BCUT2D eigenvalue weighted by Gasteiger charge is 2.37. The van der Waals surface area contributed by atoms with E-state index in [0.29, 0.717) is 10.9 Å². The van der Waals surface area contributed by atoms with Crippen molar-refractivity contribution in [3.8, 4) is 0 Å². The van der Waals surface area contributed by atoms with Gasteiger partial charge in [0.25, 0.3) is 0 Å². The van der Waals surface area contributed by atoms with Gasteiger partial charge in [-0.1, -0.05) is 22.8 Å². The molecule has 0 spiro atoms. The molecule has 0 aliphatic carbocycles. The van der Waals surface area contributed by atoms with Gasteiger partial charge in [-0.25, -0.2) is 4.79 Å². The number of carbonyl (C=O) groups excluding carboxylic acids is 1. The molecule has 0 N–H and O–H groups in total. The molecular weight excluding hydrogens is 279 g/mol. The molecule has 1 atom stereocenters. The van der Waals surface area contributed by atoms with Crippen LogP contribution in [0.2, 0.25) is 0 Å². The van der Waals surface area contributed by atoms with Crippen LogP contribution in [-0.2, 0) is 4.57 Å². The zero-order valence-electron chi connectivity index (χ0n) is 13.2. The molecule has 0 aliphatic heterocycles. The molecule has 0 amide bonds. The molecule has 108 valence electrons. The fourth-order valence-corrected chi connectivity index (χ4v) is 4.12. The predicted molar refractivity (Wildman–Crippen MR) is 88.1 cm³/mol. The Morgan fingerprint density at radius 2 is 1.19 bits per heavy atom. The van der Waals surface area contributed by atoms with Crippen LogP contribution < -0.4 is 5.30 Å². The summed E-state index contributed by atoms with van der Waals surface area (Å²) in [5, 5.41) is 0.708. The average Bonchev–Trinajstić information content (AvgIpc) is 2.51. The van der Waals surface area contributed by atoms with Gasteiger partial charge in [-0.2, -0.15) is 0 Å². The monoisotopic (exact) mass is 299 g/mol. The SMILES string of the molecule is Cc1c(C)c(C)c([P+](=O)C(=O)c2ccccc2)c(C)c1C. The van der Waals surface area contributed by atoms with E-state index in [4.69, 9.17) is 0 Å². The van der Waals surface area contributed by atoms with Crippen molar-refractivity contribution in [2.45, 2.75) is 34.6 Å². The van der Waals surface area contributed by atoms with Crippen LogP contribution in [0, 0.1) is 34.6 Å². The smallest absolute Gasteiger partial charge is 0.234 e. The molecule has 2 rings (SSSR count). The summed E-state index contributed by atoms with van der Waals surface area (Å²) in [6.45, 7) is 10.0. The third kappa shape index (κ3) is 2.69. The van der Waals surface area contributed by atoms with Crippen molar-refractivity contribution >= 4 is 18.6 Å². The normalized spacial score (nSPS) is 11.4. The van der Waals surface area contributed by atoms with Gasteiger partial charge >= 0.3 is 13.3 Å². The summed E-state index contributed by atoms with van der Waals surface area (Å²) in [4.78, 5) is 12.5. The predicted octanol–water partition coefficient (Wildman–Crippen LogP) is 4.52. The number of hydrogen-bond acceptors (Lipinski definition) is 2. The quantitative estimate of drug-likeness (QED) is 0.781. The minimum Gasteiger partial charge on any atom is -0.234 e. The Labute approximate surface area is 127 Å². The lowest BCUT2D eigenvalue weighted by Crippen LogP contribution is -2.16. The third-order valence-electron chi connectivity index (χ3n) is 4.37. The Morgan fingerprint density at radius 1 is 0.762 bits per heavy atom. The molecule has 0 saturated heterocycles. The van der Waals surface area contributed by atoms with Crippen LogP contribution in [0.4, 0.5) is 0 Å². The highest BCUT2D eigenvalue weighted by molar-refractivity contribution is 7.71. The van der Waals surface area contributed by atoms with Crippen LogP contribution in [0.15, 0.2) is 30.3 Å². The summed E-state index contributed by atoms with van der Waals surface area (Å²) in [6, 6.07) is 8.87. The molecule has 0 aromatic heterocycles. The molecule has 3 heteroatoms. The number of carbonyl (C=O) groups is 1. The summed E-state index contributed by atoms with van der Waals surface area (Å²) < 4.78 is 12.8. The van der Waals surface area contributed by atoms with Gasteiger partial charge in [0.1, 0.15) is 0 Å². The fourth-order valence-electron chi connectivity index (χ4n) is 2.58. The van der Waals surface area contributed by atoms with Crippen molar-refractivity contribution in [3.05, 3.63) is 63.7 Å². The molecule has 2 nitrogen and oxygen atoms in total. The highest BCUT2D eigenvalue weighted by atomic mass is 31.1. The van der Waals surface area contributed by atoms with Crippen LogP contribution in [0.1, 0.15) is 38.2 Å². The molecule has 21 heavy (non-hydrogen) atoms. The second-order valence-corrected chi connectivity index (χ2v) is 6.88. The van der Waals surface area contributed by atoms with E-state index in [0.717, 1.165) is 22.3 Å². The molecule has 0 aliphatic rings. The second-order valence-electron chi connectivity index (χ2n) is 5.44. The molecule has 0 saturated carbocycles. The first kappa shape index (κ1) is 15.6. The van der Waals surface area contributed by atoms with Crippen molar-refractivity contribution in [2.24, 2.45) is 0 Å². The Kier molecular flexibility index (Phi) is 4.39. The summed E-state index contributed by atoms with van der Waals surface area (Å²) in [7, 11) is -2.09. The summed E-state index contributed by atoms with van der Waals surface area (Å²) in [5.74, 6) is 0.